The molecular weight excluding hydrogens is 296 g/mol. The van der Waals surface area contributed by atoms with Gasteiger partial charge in [0.1, 0.15) is 0 Å². The van der Waals surface area contributed by atoms with Crippen molar-refractivity contribution in [2.45, 2.75) is 32.2 Å². The number of hydrogen-bond acceptors (Lipinski definition) is 3. The fourth-order valence-corrected chi connectivity index (χ4v) is 1.84. The summed E-state index contributed by atoms with van der Waals surface area (Å²) in [4.78, 5) is 33.2. The van der Waals surface area contributed by atoms with Crippen LogP contribution in [0.3, 0.4) is 0 Å². The van der Waals surface area contributed by atoms with Gasteiger partial charge in [-0.05, 0) is 30.5 Å². The lowest BCUT2D eigenvalue weighted by atomic mass is 10.2. The first-order chi connectivity index (χ1) is 9.97. The van der Waals surface area contributed by atoms with Crippen LogP contribution in [0.1, 0.15) is 31.2 Å². The summed E-state index contributed by atoms with van der Waals surface area (Å²) < 4.78 is 0. The Morgan fingerprint density at radius 2 is 1.86 bits per heavy atom. The number of carboxylic acids is 1. The molecule has 0 saturated heterocycles. The number of amides is 3. The van der Waals surface area contributed by atoms with Crippen molar-refractivity contribution in [3.8, 4) is 0 Å². The Hall–Kier alpha value is -2.08. The summed E-state index contributed by atoms with van der Waals surface area (Å²) in [6.45, 7) is 0.263. The van der Waals surface area contributed by atoms with Gasteiger partial charge in [0.15, 0.2) is 0 Å². The van der Waals surface area contributed by atoms with Crippen molar-refractivity contribution in [3.63, 3.8) is 0 Å². The lowest BCUT2D eigenvalue weighted by Crippen LogP contribution is -2.38. The van der Waals surface area contributed by atoms with Crippen molar-refractivity contribution in [2.75, 3.05) is 0 Å². The monoisotopic (exact) mass is 312 g/mol. The van der Waals surface area contributed by atoms with E-state index in [0.717, 1.165) is 5.56 Å². The summed E-state index contributed by atoms with van der Waals surface area (Å²) in [6.07, 6.45) is 0.985. The van der Waals surface area contributed by atoms with E-state index in [0.29, 0.717) is 17.9 Å². The normalized spacial score (nSPS) is 9.95. The molecule has 0 saturated carbocycles. The molecule has 0 aliphatic heterocycles. The molecule has 0 spiro atoms. The highest BCUT2D eigenvalue weighted by Crippen LogP contribution is 2.10. The van der Waals surface area contributed by atoms with Gasteiger partial charge < -0.3 is 10.4 Å². The number of benzene rings is 1. The van der Waals surface area contributed by atoms with Gasteiger partial charge in [-0.25, -0.2) is 4.79 Å². The number of nitrogens with one attached hydrogen (secondary N) is 2. The standard InChI is InChI=1S/C14H17ClN2O4/c15-11-5-3-4-10(8-11)9-16-14(21)17-12(18)6-1-2-7-13(19)20/h3-5,8H,1-2,6-7,9H2,(H,19,20)(H2,16,17,18,21). The van der Waals surface area contributed by atoms with Crippen LogP contribution in [0.2, 0.25) is 5.02 Å². The van der Waals surface area contributed by atoms with E-state index >= 15 is 0 Å². The van der Waals surface area contributed by atoms with Gasteiger partial charge in [0.25, 0.3) is 0 Å². The molecule has 1 aromatic rings. The molecule has 0 atom stereocenters. The molecule has 0 aromatic heterocycles. The minimum atomic E-state index is -0.894. The topological polar surface area (TPSA) is 95.5 Å². The Labute approximate surface area is 127 Å². The molecule has 0 fully saturated rings. The minimum Gasteiger partial charge on any atom is -0.481 e. The SMILES string of the molecule is O=C(O)CCCCC(=O)NC(=O)NCc1cccc(Cl)c1. The molecule has 0 aliphatic rings. The Morgan fingerprint density at radius 1 is 1.14 bits per heavy atom. The molecule has 0 radical (unpaired) electrons. The van der Waals surface area contributed by atoms with E-state index in [-0.39, 0.29) is 19.4 Å². The number of unbranched alkanes of at least 4 members (excludes halogenated alkanes) is 1. The zero-order valence-corrected chi connectivity index (χ0v) is 12.2. The van der Waals surface area contributed by atoms with Crippen LogP contribution >= 0.6 is 11.6 Å². The van der Waals surface area contributed by atoms with Gasteiger partial charge in [-0.3, -0.25) is 14.9 Å². The van der Waals surface area contributed by atoms with Crippen LogP contribution in [0.25, 0.3) is 0 Å². The van der Waals surface area contributed by atoms with Crippen molar-refractivity contribution in [1.29, 1.82) is 0 Å². The molecule has 0 aliphatic carbocycles. The Morgan fingerprint density at radius 3 is 2.52 bits per heavy atom. The van der Waals surface area contributed by atoms with Gasteiger partial charge >= 0.3 is 12.0 Å². The third kappa shape index (κ3) is 7.94. The predicted octanol–water partition coefficient (Wildman–Crippen LogP) is 2.31. The molecule has 0 unspecified atom stereocenters. The van der Waals surface area contributed by atoms with E-state index in [1.165, 1.54) is 0 Å². The van der Waals surface area contributed by atoms with E-state index in [2.05, 4.69) is 10.6 Å². The molecule has 0 heterocycles. The fraction of sp³-hybridized carbons (Fsp3) is 0.357. The van der Waals surface area contributed by atoms with E-state index < -0.39 is 17.9 Å². The third-order valence-corrected chi connectivity index (χ3v) is 2.87. The molecule has 0 bridgehead atoms. The highest BCUT2D eigenvalue weighted by atomic mass is 35.5. The molecule has 114 valence electrons. The fourth-order valence-electron chi connectivity index (χ4n) is 1.62. The molecule has 3 amide bonds. The zero-order chi connectivity index (χ0) is 15.7. The first-order valence-corrected chi connectivity index (χ1v) is 6.89. The van der Waals surface area contributed by atoms with Crippen LogP contribution < -0.4 is 10.6 Å². The molecule has 7 heteroatoms. The number of carbonyl (C=O) groups excluding carboxylic acids is 2. The molecule has 3 N–H and O–H groups in total. The molecular formula is C14H17ClN2O4. The average molecular weight is 313 g/mol. The van der Waals surface area contributed by atoms with Crippen molar-refractivity contribution >= 4 is 29.5 Å². The van der Waals surface area contributed by atoms with Crippen LogP contribution in [0, 0.1) is 0 Å². The van der Waals surface area contributed by atoms with E-state index in [1.807, 2.05) is 0 Å². The first kappa shape index (κ1) is 17.0. The summed E-state index contributed by atoms with van der Waals surface area (Å²) in [5, 5.41) is 13.7. The van der Waals surface area contributed by atoms with Crippen LogP contribution in [-0.2, 0) is 16.1 Å². The quantitative estimate of drug-likeness (QED) is 0.673. The third-order valence-electron chi connectivity index (χ3n) is 2.64. The van der Waals surface area contributed by atoms with Gasteiger partial charge in [0.2, 0.25) is 5.91 Å². The number of rotatable bonds is 7. The summed E-state index contributed by atoms with van der Waals surface area (Å²) >= 11 is 5.81. The number of halogens is 1. The second-order valence-corrected chi connectivity index (χ2v) is 4.90. The maximum absolute atomic E-state index is 11.5. The van der Waals surface area contributed by atoms with Crippen molar-refractivity contribution in [2.24, 2.45) is 0 Å². The maximum Gasteiger partial charge on any atom is 0.321 e. The Bertz CT molecular complexity index is 519. The Balaban J connectivity index is 2.21. The van der Waals surface area contributed by atoms with Crippen LogP contribution in [0.4, 0.5) is 4.79 Å². The summed E-state index contributed by atoms with van der Waals surface area (Å²) in [6, 6.07) is 6.43. The lowest BCUT2D eigenvalue weighted by Gasteiger charge is -2.07. The highest BCUT2D eigenvalue weighted by molar-refractivity contribution is 6.30. The smallest absolute Gasteiger partial charge is 0.321 e. The van der Waals surface area contributed by atoms with Crippen LogP contribution in [0.5, 0.6) is 0 Å². The largest absolute Gasteiger partial charge is 0.481 e. The number of aliphatic carboxylic acids is 1. The van der Waals surface area contributed by atoms with Crippen molar-refractivity contribution < 1.29 is 19.5 Å². The van der Waals surface area contributed by atoms with Gasteiger partial charge in [-0.15, -0.1) is 0 Å². The van der Waals surface area contributed by atoms with E-state index in [1.54, 1.807) is 24.3 Å². The van der Waals surface area contributed by atoms with Crippen molar-refractivity contribution in [1.82, 2.24) is 10.6 Å². The number of imide groups is 1. The number of carboxylic acid groups (broad SMARTS) is 1. The molecule has 21 heavy (non-hydrogen) atoms. The zero-order valence-electron chi connectivity index (χ0n) is 11.4. The summed E-state index contributed by atoms with van der Waals surface area (Å²) in [5.41, 5.74) is 0.826. The first-order valence-electron chi connectivity index (χ1n) is 6.51. The Kier molecular flexibility index (Phi) is 7.25. The second-order valence-electron chi connectivity index (χ2n) is 4.46. The van der Waals surface area contributed by atoms with Crippen molar-refractivity contribution in [3.05, 3.63) is 34.9 Å². The summed E-state index contributed by atoms with van der Waals surface area (Å²) in [7, 11) is 0. The summed E-state index contributed by atoms with van der Waals surface area (Å²) in [5.74, 6) is -1.32. The van der Waals surface area contributed by atoms with E-state index in [4.69, 9.17) is 16.7 Å². The van der Waals surface area contributed by atoms with Gasteiger partial charge in [-0.2, -0.15) is 0 Å². The highest BCUT2D eigenvalue weighted by Gasteiger charge is 2.07. The molecule has 1 aromatic carbocycles. The van der Waals surface area contributed by atoms with Gasteiger partial charge in [-0.1, -0.05) is 23.7 Å². The van der Waals surface area contributed by atoms with Gasteiger partial charge in [0.05, 0.1) is 0 Å². The molecule has 1 rings (SSSR count). The number of hydrogen-bond donors (Lipinski definition) is 3. The minimum absolute atomic E-state index is 0.0221. The average Bonchev–Trinajstić information content (AvgIpc) is 2.41. The van der Waals surface area contributed by atoms with Gasteiger partial charge in [0, 0.05) is 24.4 Å². The van der Waals surface area contributed by atoms with Crippen LogP contribution in [-0.4, -0.2) is 23.0 Å². The van der Waals surface area contributed by atoms with Crippen LogP contribution in [0.15, 0.2) is 24.3 Å². The maximum atomic E-state index is 11.5. The van der Waals surface area contributed by atoms with E-state index in [9.17, 15) is 14.4 Å². The predicted molar refractivity (Wildman–Crippen MR) is 77.9 cm³/mol. The number of urea groups is 1. The second kappa shape index (κ2) is 8.97. The lowest BCUT2D eigenvalue weighted by molar-refractivity contribution is -0.137. The number of carbonyl (C=O) groups is 3. The molecule has 6 nitrogen and oxygen atoms in total.